The van der Waals surface area contributed by atoms with Crippen molar-refractivity contribution in [1.82, 2.24) is 5.32 Å². The van der Waals surface area contributed by atoms with E-state index in [0.717, 1.165) is 11.3 Å². The largest absolute Gasteiger partial charge is 0.480 e. The zero-order valence-electron chi connectivity index (χ0n) is 9.00. The van der Waals surface area contributed by atoms with E-state index in [2.05, 4.69) is 5.32 Å². The van der Waals surface area contributed by atoms with Crippen LogP contribution in [0.1, 0.15) is 30.1 Å². The third-order valence-corrected chi connectivity index (χ3v) is 3.57. The number of carbonyl (C=O) groups excluding carboxylic acids is 1. The third kappa shape index (κ3) is 3.87. The number of nitrogens with one attached hydrogen (secondary N) is 1. The summed E-state index contributed by atoms with van der Waals surface area (Å²) >= 11 is 12.6. The van der Waals surface area contributed by atoms with Gasteiger partial charge >= 0.3 is 5.97 Å². The lowest BCUT2D eigenvalue weighted by molar-refractivity contribution is -0.139. The van der Waals surface area contributed by atoms with Crippen LogP contribution in [0.3, 0.4) is 0 Å². The average molecular weight is 296 g/mol. The van der Waals surface area contributed by atoms with Crippen molar-refractivity contribution in [2.45, 2.75) is 25.8 Å². The molecule has 0 radical (unpaired) electrons. The number of carboxylic acid groups (broad SMARTS) is 1. The molecular weight excluding hydrogens is 285 g/mol. The van der Waals surface area contributed by atoms with Crippen LogP contribution in [0.5, 0.6) is 0 Å². The molecule has 0 saturated heterocycles. The van der Waals surface area contributed by atoms with Gasteiger partial charge in [-0.2, -0.15) is 0 Å². The molecule has 1 heterocycles. The van der Waals surface area contributed by atoms with E-state index in [4.69, 9.17) is 28.3 Å². The highest BCUT2D eigenvalue weighted by Gasteiger charge is 2.22. The molecule has 0 fully saturated rings. The van der Waals surface area contributed by atoms with E-state index in [0.29, 0.717) is 17.2 Å². The first kappa shape index (κ1) is 14.3. The molecule has 0 spiro atoms. The Balaban J connectivity index is 2.77. The first-order valence-electron chi connectivity index (χ1n) is 4.94. The van der Waals surface area contributed by atoms with Crippen LogP contribution in [0.25, 0.3) is 0 Å². The van der Waals surface area contributed by atoms with Crippen molar-refractivity contribution in [2.24, 2.45) is 0 Å². The molecule has 1 aromatic heterocycles. The molecule has 0 aromatic carbocycles. The number of carbonyl (C=O) groups is 2. The third-order valence-electron chi connectivity index (χ3n) is 2.08. The Morgan fingerprint density at radius 3 is 2.59 bits per heavy atom. The molecule has 0 aliphatic rings. The molecular formula is C10H11Cl2NO3S. The lowest BCUT2D eigenvalue weighted by Crippen LogP contribution is -2.40. The lowest BCUT2D eigenvalue weighted by Gasteiger charge is -2.12. The van der Waals surface area contributed by atoms with Crippen LogP contribution in [0, 0.1) is 0 Å². The number of carboxylic acids is 1. The fourth-order valence-corrected chi connectivity index (χ4v) is 2.74. The van der Waals surface area contributed by atoms with E-state index < -0.39 is 17.9 Å². The van der Waals surface area contributed by atoms with Crippen molar-refractivity contribution in [2.75, 3.05) is 0 Å². The number of hydrogen-bond donors (Lipinski definition) is 2. The number of hydrogen-bond acceptors (Lipinski definition) is 3. The summed E-state index contributed by atoms with van der Waals surface area (Å²) in [6.45, 7) is 1.84. The first-order valence-corrected chi connectivity index (χ1v) is 6.51. The maximum Gasteiger partial charge on any atom is 0.326 e. The van der Waals surface area contributed by atoms with Crippen LogP contribution in [0.15, 0.2) is 6.07 Å². The molecule has 2 N–H and O–H groups in total. The van der Waals surface area contributed by atoms with Crippen molar-refractivity contribution < 1.29 is 14.7 Å². The molecule has 1 rings (SSSR count). The smallest absolute Gasteiger partial charge is 0.326 e. The Bertz CT molecular complexity index is 433. The quantitative estimate of drug-likeness (QED) is 0.877. The summed E-state index contributed by atoms with van der Waals surface area (Å²) in [5.74, 6) is -1.57. The van der Waals surface area contributed by atoms with Crippen molar-refractivity contribution in [3.63, 3.8) is 0 Å². The summed E-state index contributed by atoms with van der Waals surface area (Å²) in [6.07, 6.45) is 1.03. The molecule has 1 aromatic rings. The second-order valence-corrected chi connectivity index (χ2v) is 5.68. The van der Waals surface area contributed by atoms with Gasteiger partial charge in [-0.1, -0.05) is 36.5 Å². The van der Waals surface area contributed by atoms with Gasteiger partial charge in [0.15, 0.2) is 0 Å². The minimum atomic E-state index is -1.06. The molecule has 17 heavy (non-hydrogen) atoms. The normalized spacial score (nSPS) is 12.2. The summed E-state index contributed by atoms with van der Waals surface area (Å²) in [5, 5.41) is 11.3. The Kier molecular flexibility index (Phi) is 5.24. The zero-order valence-corrected chi connectivity index (χ0v) is 11.3. The number of halogens is 2. The van der Waals surface area contributed by atoms with Crippen molar-refractivity contribution in [3.8, 4) is 0 Å². The summed E-state index contributed by atoms with van der Waals surface area (Å²) in [7, 11) is 0. The average Bonchev–Trinajstić information content (AvgIpc) is 2.57. The summed E-state index contributed by atoms with van der Waals surface area (Å²) in [5.41, 5.74) is 0.212. The van der Waals surface area contributed by atoms with Crippen molar-refractivity contribution in [3.05, 3.63) is 20.3 Å². The number of amides is 1. The number of thiophene rings is 1. The molecule has 0 bridgehead atoms. The van der Waals surface area contributed by atoms with Gasteiger partial charge in [-0.15, -0.1) is 11.3 Å². The van der Waals surface area contributed by atoms with Crippen LogP contribution in [-0.2, 0) is 4.79 Å². The van der Waals surface area contributed by atoms with Gasteiger partial charge in [-0.25, -0.2) is 4.79 Å². The Labute approximate surface area is 113 Å². The zero-order chi connectivity index (χ0) is 13.0. The summed E-state index contributed by atoms with van der Waals surface area (Å²) in [4.78, 5) is 22.6. The minimum absolute atomic E-state index is 0.212. The van der Waals surface area contributed by atoms with Gasteiger partial charge in [0.1, 0.15) is 10.4 Å². The van der Waals surface area contributed by atoms with E-state index in [9.17, 15) is 9.59 Å². The van der Waals surface area contributed by atoms with E-state index in [1.165, 1.54) is 6.07 Å². The van der Waals surface area contributed by atoms with Crippen LogP contribution in [0.2, 0.25) is 8.67 Å². The Hall–Kier alpha value is -0.780. The van der Waals surface area contributed by atoms with Crippen LogP contribution < -0.4 is 5.32 Å². The van der Waals surface area contributed by atoms with Gasteiger partial charge in [-0.3, -0.25) is 4.79 Å². The Morgan fingerprint density at radius 2 is 2.18 bits per heavy atom. The van der Waals surface area contributed by atoms with Gasteiger partial charge < -0.3 is 10.4 Å². The predicted octanol–water partition coefficient (Wildman–Crippen LogP) is 3.04. The molecule has 94 valence electrons. The number of rotatable bonds is 5. The van der Waals surface area contributed by atoms with E-state index in [1.54, 1.807) is 0 Å². The highest BCUT2D eigenvalue weighted by atomic mass is 35.5. The fraction of sp³-hybridized carbons (Fsp3) is 0.400. The topological polar surface area (TPSA) is 66.4 Å². The molecule has 1 amide bonds. The summed E-state index contributed by atoms with van der Waals surface area (Å²) < 4.78 is 0.649. The highest BCUT2D eigenvalue weighted by molar-refractivity contribution is 7.20. The number of aliphatic carboxylic acids is 1. The summed E-state index contributed by atoms with van der Waals surface area (Å²) in [6, 6.07) is 0.525. The van der Waals surface area contributed by atoms with Gasteiger partial charge in [-0.05, 0) is 12.5 Å². The minimum Gasteiger partial charge on any atom is -0.480 e. The van der Waals surface area contributed by atoms with Gasteiger partial charge in [0.05, 0.1) is 9.90 Å². The fourth-order valence-electron chi connectivity index (χ4n) is 1.28. The van der Waals surface area contributed by atoms with Crippen LogP contribution in [-0.4, -0.2) is 23.0 Å². The van der Waals surface area contributed by atoms with Gasteiger partial charge in [0, 0.05) is 0 Å². The second kappa shape index (κ2) is 6.23. The SMILES string of the molecule is CCC[C@@H](NC(=O)c1cc(Cl)sc1Cl)C(=O)O. The molecule has 0 saturated carbocycles. The monoisotopic (exact) mass is 295 g/mol. The standard InChI is InChI=1S/C10H11Cl2NO3S/c1-2-3-6(10(15)16)13-9(14)5-4-7(11)17-8(5)12/h4,6H,2-3H2,1H3,(H,13,14)(H,15,16)/t6-/m1/s1. The van der Waals surface area contributed by atoms with Crippen molar-refractivity contribution in [1.29, 1.82) is 0 Å². The first-order chi connectivity index (χ1) is 7.95. The molecule has 0 aliphatic heterocycles. The second-order valence-electron chi connectivity index (χ2n) is 3.39. The molecule has 0 aliphatic carbocycles. The maximum atomic E-state index is 11.8. The van der Waals surface area contributed by atoms with E-state index >= 15 is 0 Å². The maximum absolute atomic E-state index is 11.8. The van der Waals surface area contributed by atoms with E-state index in [-0.39, 0.29) is 9.90 Å². The van der Waals surface area contributed by atoms with Crippen LogP contribution >= 0.6 is 34.5 Å². The predicted molar refractivity (Wildman–Crippen MR) is 68.1 cm³/mol. The Morgan fingerprint density at radius 1 is 1.53 bits per heavy atom. The highest BCUT2D eigenvalue weighted by Crippen LogP contribution is 2.31. The van der Waals surface area contributed by atoms with Crippen molar-refractivity contribution >= 4 is 46.4 Å². The van der Waals surface area contributed by atoms with Gasteiger partial charge in [0.25, 0.3) is 5.91 Å². The van der Waals surface area contributed by atoms with E-state index in [1.807, 2.05) is 6.92 Å². The molecule has 7 heteroatoms. The van der Waals surface area contributed by atoms with Crippen LogP contribution in [0.4, 0.5) is 0 Å². The van der Waals surface area contributed by atoms with Gasteiger partial charge in [0.2, 0.25) is 0 Å². The molecule has 1 atom stereocenters. The lowest BCUT2D eigenvalue weighted by atomic mass is 10.1. The molecule has 0 unspecified atom stereocenters. The molecule has 4 nitrogen and oxygen atoms in total.